The van der Waals surface area contributed by atoms with Crippen molar-refractivity contribution in [1.82, 2.24) is 10.3 Å². The summed E-state index contributed by atoms with van der Waals surface area (Å²) in [6, 6.07) is 0.757. The lowest BCUT2D eigenvalue weighted by molar-refractivity contribution is 0.524. The highest BCUT2D eigenvalue weighted by Gasteiger charge is 2.16. The molecule has 1 aliphatic rings. The van der Waals surface area contributed by atoms with Crippen LogP contribution in [0.5, 0.6) is 0 Å². The van der Waals surface area contributed by atoms with Gasteiger partial charge in [-0.2, -0.15) is 0 Å². The van der Waals surface area contributed by atoms with E-state index in [9.17, 15) is 0 Å². The van der Waals surface area contributed by atoms with Gasteiger partial charge in [-0.15, -0.1) is 11.3 Å². The molecule has 1 N–H and O–H groups in total. The first kappa shape index (κ1) is 11.1. The van der Waals surface area contributed by atoms with Crippen LogP contribution in [-0.4, -0.2) is 11.0 Å². The van der Waals surface area contributed by atoms with E-state index in [0.29, 0.717) is 5.92 Å². The van der Waals surface area contributed by atoms with Crippen molar-refractivity contribution in [3.05, 3.63) is 16.1 Å². The Balaban J connectivity index is 1.89. The minimum Gasteiger partial charge on any atom is -0.309 e. The van der Waals surface area contributed by atoms with E-state index in [-0.39, 0.29) is 0 Å². The van der Waals surface area contributed by atoms with Crippen LogP contribution in [0.2, 0.25) is 0 Å². The molecule has 0 aromatic carbocycles. The molecule has 0 atom stereocenters. The van der Waals surface area contributed by atoms with Gasteiger partial charge in [0.25, 0.3) is 0 Å². The quantitative estimate of drug-likeness (QED) is 0.849. The maximum absolute atomic E-state index is 4.44. The summed E-state index contributed by atoms with van der Waals surface area (Å²) in [6.07, 6.45) is 5.51. The van der Waals surface area contributed by atoms with Crippen LogP contribution in [0.25, 0.3) is 0 Å². The van der Waals surface area contributed by atoms with Gasteiger partial charge in [-0.25, -0.2) is 4.98 Å². The molecule has 2 rings (SSSR count). The summed E-state index contributed by atoms with van der Waals surface area (Å²) in [4.78, 5) is 5.87. The van der Waals surface area contributed by atoms with Crippen LogP contribution in [0.4, 0.5) is 0 Å². The minimum atomic E-state index is 0.552. The van der Waals surface area contributed by atoms with Crippen LogP contribution in [0.15, 0.2) is 5.51 Å². The average Bonchev–Trinajstić information content (AvgIpc) is 2.86. The monoisotopic (exact) mass is 224 g/mol. The Hall–Kier alpha value is -0.410. The van der Waals surface area contributed by atoms with Gasteiger partial charge in [0.2, 0.25) is 0 Å². The lowest BCUT2D eigenvalue weighted by Gasteiger charge is -2.12. The van der Waals surface area contributed by atoms with Crippen LogP contribution in [0.3, 0.4) is 0 Å². The van der Waals surface area contributed by atoms with Crippen LogP contribution >= 0.6 is 11.3 Å². The Morgan fingerprint density at radius 3 is 2.87 bits per heavy atom. The molecule has 1 saturated carbocycles. The summed E-state index contributed by atoms with van der Waals surface area (Å²) >= 11 is 1.79. The first-order chi connectivity index (χ1) is 7.27. The van der Waals surface area contributed by atoms with Crippen molar-refractivity contribution in [3.63, 3.8) is 0 Å². The van der Waals surface area contributed by atoms with Gasteiger partial charge in [0.05, 0.1) is 11.2 Å². The Labute approximate surface area is 96.1 Å². The zero-order chi connectivity index (χ0) is 10.7. The van der Waals surface area contributed by atoms with Gasteiger partial charge in [0.1, 0.15) is 0 Å². The van der Waals surface area contributed by atoms with E-state index in [1.807, 2.05) is 5.51 Å². The number of aromatic nitrogens is 1. The molecule has 2 nitrogen and oxygen atoms in total. The molecule has 1 aromatic rings. The highest BCUT2D eigenvalue weighted by molar-refractivity contribution is 7.09. The third kappa shape index (κ3) is 2.79. The number of thiazole rings is 1. The zero-order valence-corrected chi connectivity index (χ0v) is 10.4. The fraction of sp³-hybridized carbons (Fsp3) is 0.750. The molecule has 0 radical (unpaired) electrons. The SMILES string of the molecule is CC(C)c1ncsc1CNC1CCCC1. The topological polar surface area (TPSA) is 24.9 Å². The van der Waals surface area contributed by atoms with Gasteiger partial charge >= 0.3 is 0 Å². The molecule has 1 heterocycles. The predicted molar refractivity (Wildman–Crippen MR) is 65.3 cm³/mol. The van der Waals surface area contributed by atoms with Crippen molar-refractivity contribution in [2.45, 2.75) is 58.0 Å². The van der Waals surface area contributed by atoms with Crippen molar-refractivity contribution in [3.8, 4) is 0 Å². The summed E-state index contributed by atoms with van der Waals surface area (Å²) in [5.74, 6) is 0.552. The molecule has 0 unspecified atom stereocenters. The summed E-state index contributed by atoms with van der Waals surface area (Å²) in [7, 11) is 0. The van der Waals surface area contributed by atoms with Crippen molar-refractivity contribution in [2.75, 3.05) is 0 Å². The molecule has 0 aliphatic heterocycles. The van der Waals surface area contributed by atoms with Gasteiger partial charge in [0, 0.05) is 17.5 Å². The molecule has 1 aromatic heterocycles. The number of hydrogen-bond donors (Lipinski definition) is 1. The predicted octanol–water partition coefficient (Wildman–Crippen LogP) is 3.30. The zero-order valence-electron chi connectivity index (χ0n) is 9.62. The van der Waals surface area contributed by atoms with Gasteiger partial charge < -0.3 is 5.32 Å². The number of rotatable bonds is 4. The van der Waals surface area contributed by atoms with Crippen LogP contribution in [0.1, 0.15) is 56.0 Å². The fourth-order valence-corrected chi connectivity index (χ4v) is 3.12. The van der Waals surface area contributed by atoms with E-state index in [4.69, 9.17) is 0 Å². The Kier molecular flexibility index (Phi) is 3.76. The molecule has 1 aliphatic carbocycles. The van der Waals surface area contributed by atoms with Crippen LogP contribution < -0.4 is 5.32 Å². The molecule has 0 saturated heterocycles. The maximum atomic E-state index is 4.44. The van der Waals surface area contributed by atoms with Crippen molar-refractivity contribution < 1.29 is 0 Å². The normalized spacial score (nSPS) is 17.8. The molecule has 15 heavy (non-hydrogen) atoms. The summed E-state index contributed by atoms with van der Waals surface area (Å²) in [5, 5.41) is 3.65. The molecular weight excluding hydrogens is 204 g/mol. The van der Waals surface area contributed by atoms with Gasteiger partial charge in [-0.3, -0.25) is 0 Å². The largest absolute Gasteiger partial charge is 0.309 e. The molecule has 0 amide bonds. The Bertz CT molecular complexity index is 300. The number of hydrogen-bond acceptors (Lipinski definition) is 3. The summed E-state index contributed by atoms with van der Waals surface area (Å²) < 4.78 is 0. The molecule has 0 spiro atoms. The van der Waals surface area contributed by atoms with Crippen molar-refractivity contribution in [2.24, 2.45) is 0 Å². The smallest absolute Gasteiger partial charge is 0.0798 e. The summed E-state index contributed by atoms with van der Waals surface area (Å²) in [6.45, 7) is 5.45. The standard InChI is InChI=1S/C12H20N2S/c1-9(2)12-11(15-8-14-12)7-13-10-5-3-4-6-10/h8-10,13H,3-7H2,1-2H3. The summed E-state index contributed by atoms with van der Waals surface area (Å²) in [5.41, 5.74) is 3.26. The molecular formula is C12H20N2S. The van der Waals surface area contributed by atoms with E-state index in [1.54, 1.807) is 11.3 Å². The Morgan fingerprint density at radius 1 is 1.47 bits per heavy atom. The van der Waals surface area contributed by atoms with Gasteiger partial charge in [0.15, 0.2) is 0 Å². The lowest BCUT2D eigenvalue weighted by Crippen LogP contribution is -2.25. The van der Waals surface area contributed by atoms with Gasteiger partial charge in [-0.1, -0.05) is 26.7 Å². The van der Waals surface area contributed by atoms with Crippen LogP contribution in [-0.2, 0) is 6.54 Å². The molecule has 0 bridgehead atoms. The number of nitrogens with zero attached hydrogens (tertiary/aromatic N) is 1. The van der Waals surface area contributed by atoms with E-state index in [2.05, 4.69) is 24.1 Å². The van der Waals surface area contributed by atoms with Crippen molar-refractivity contribution in [1.29, 1.82) is 0 Å². The van der Waals surface area contributed by atoms with E-state index in [0.717, 1.165) is 12.6 Å². The highest BCUT2D eigenvalue weighted by Crippen LogP contribution is 2.23. The van der Waals surface area contributed by atoms with E-state index >= 15 is 0 Å². The molecule has 84 valence electrons. The van der Waals surface area contributed by atoms with Gasteiger partial charge in [-0.05, 0) is 18.8 Å². The molecule has 3 heteroatoms. The third-order valence-corrected chi connectivity index (χ3v) is 3.97. The fourth-order valence-electron chi connectivity index (χ4n) is 2.25. The maximum Gasteiger partial charge on any atom is 0.0798 e. The van der Waals surface area contributed by atoms with E-state index in [1.165, 1.54) is 36.3 Å². The van der Waals surface area contributed by atoms with Crippen LogP contribution in [0, 0.1) is 0 Å². The first-order valence-electron chi connectivity index (χ1n) is 5.93. The third-order valence-electron chi connectivity index (χ3n) is 3.13. The molecule has 1 fully saturated rings. The van der Waals surface area contributed by atoms with E-state index < -0.39 is 0 Å². The first-order valence-corrected chi connectivity index (χ1v) is 6.81. The second-order valence-electron chi connectivity index (χ2n) is 4.68. The highest BCUT2D eigenvalue weighted by atomic mass is 32.1. The lowest BCUT2D eigenvalue weighted by atomic mass is 10.1. The number of nitrogens with one attached hydrogen (secondary N) is 1. The Morgan fingerprint density at radius 2 is 2.20 bits per heavy atom. The average molecular weight is 224 g/mol. The second kappa shape index (κ2) is 5.08. The van der Waals surface area contributed by atoms with Crippen molar-refractivity contribution >= 4 is 11.3 Å². The minimum absolute atomic E-state index is 0.552. The second-order valence-corrected chi connectivity index (χ2v) is 5.62.